The lowest BCUT2D eigenvalue weighted by Gasteiger charge is -1.98. The van der Waals surface area contributed by atoms with E-state index in [0.717, 1.165) is 12.5 Å². The maximum absolute atomic E-state index is 9.51. The second-order valence-corrected chi connectivity index (χ2v) is 4.33. The highest BCUT2D eigenvalue weighted by Gasteiger charge is 2.15. The first-order chi connectivity index (χ1) is 9.22. The van der Waals surface area contributed by atoms with Crippen LogP contribution in [0.5, 0.6) is 0 Å². The van der Waals surface area contributed by atoms with Gasteiger partial charge in [-0.2, -0.15) is 0 Å². The van der Waals surface area contributed by atoms with E-state index in [1.165, 1.54) is 28.3 Å². The number of fused-ring (bicyclic) bond motifs is 3. The number of benzene rings is 2. The molecule has 0 aromatic heterocycles. The van der Waals surface area contributed by atoms with Crippen LogP contribution < -0.4 is 0 Å². The minimum atomic E-state index is -0.891. The Balaban J connectivity index is 0.000000192. The second-order valence-electron chi connectivity index (χ2n) is 4.33. The molecule has 0 saturated heterocycles. The van der Waals surface area contributed by atoms with Crippen molar-refractivity contribution in [3.05, 3.63) is 71.8 Å². The van der Waals surface area contributed by atoms with Crippen LogP contribution in [0.3, 0.4) is 0 Å². The fourth-order valence-electron chi connectivity index (χ4n) is 2.22. The molecule has 96 valence electrons. The molecule has 0 spiro atoms. The predicted octanol–water partition coefficient (Wildman–Crippen LogP) is 3.90. The predicted molar refractivity (Wildman–Crippen MR) is 77.1 cm³/mol. The van der Waals surface area contributed by atoms with E-state index in [1.807, 2.05) is 0 Å². The summed E-state index contributed by atoms with van der Waals surface area (Å²) in [5, 5.41) is 7.83. The van der Waals surface area contributed by atoms with Crippen molar-refractivity contribution in [2.24, 2.45) is 0 Å². The Hall–Kier alpha value is -2.35. The van der Waals surface area contributed by atoms with Crippen LogP contribution in [0.4, 0.5) is 0 Å². The number of hydrogen-bond acceptors (Lipinski definition) is 1. The zero-order chi connectivity index (χ0) is 13.7. The van der Waals surface area contributed by atoms with Crippen molar-refractivity contribution in [3.63, 3.8) is 0 Å². The molecule has 0 unspecified atom stereocenters. The van der Waals surface area contributed by atoms with Crippen molar-refractivity contribution >= 4 is 5.97 Å². The van der Waals surface area contributed by atoms with Crippen molar-refractivity contribution in [2.75, 3.05) is 0 Å². The molecule has 0 fully saturated rings. The van der Waals surface area contributed by atoms with E-state index in [-0.39, 0.29) is 0 Å². The molecule has 19 heavy (non-hydrogen) atoms. The summed E-state index contributed by atoms with van der Waals surface area (Å²) in [5.41, 5.74) is 5.75. The van der Waals surface area contributed by atoms with Crippen LogP contribution >= 0.6 is 0 Å². The summed E-state index contributed by atoms with van der Waals surface area (Å²) >= 11 is 0. The van der Waals surface area contributed by atoms with Gasteiger partial charge in [-0.25, -0.2) is 4.79 Å². The lowest BCUT2D eigenvalue weighted by molar-refractivity contribution is -0.131. The third-order valence-corrected chi connectivity index (χ3v) is 3.02. The smallest absolute Gasteiger partial charge is 0.327 e. The van der Waals surface area contributed by atoms with Crippen LogP contribution in [0.1, 0.15) is 18.1 Å². The minimum absolute atomic E-state index is 0.891. The summed E-state index contributed by atoms with van der Waals surface area (Å²) in [6.45, 7) is 1.66. The van der Waals surface area contributed by atoms with Crippen LogP contribution in [-0.4, -0.2) is 11.1 Å². The number of allylic oxidation sites excluding steroid dienone is 1. The molecule has 2 aromatic carbocycles. The fourth-order valence-corrected chi connectivity index (χ4v) is 2.22. The Morgan fingerprint density at radius 1 is 1.00 bits per heavy atom. The van der Waals surface area contributed by atoms with Crippen LogP contribution in [0.25, 0.3) is 11.1 Å². The van der Waals surface area contributed by atoms with Crippen molar-refractivity contribution in [2.45, 2.75) is 13.3 Å². The van der Waals surface area contributed by atoms with E-state index in [4.69, 9.17) is 5.11 Å². The Morgan fingerprint density at radius 2 is 1.47 bits per heavy atom. The molecule has 0 heterocycles. The van der Waals surface area contributed by atoms with Gasteiger partial charge >= 0.3 is 5.97 Å². The van der Waals surface area contributed by atoms with E-state index in [2.05, 4.69) is 48.5 Å². The van der Waals surface area contributed by atoms with Gasteiger partial charge < -0.3 is 5.11 Å². The highest BCUT2D eigenvalue weighted by atomic mass is 16.4. The Labute approximate surface area is 113 Å². The molecule has 1 N–H and O–H groups in total. The average molecular weight is 252 g/mol. The summed E-state index contributed by atoms with van der Waals surface area (Å²) in [7, 11) is 0. The van der Waals surface area contributed by atoms with E-state index < -0.39 is 5.97 Å². The number of aliphatic carboxylic acids is 1. The molecule has 0 radical (unpaired) electrons. The first kappa shape index (κ1) is 13.1. The number of carbonyl (C=O) groups is 1. The minimum Gasteiger partial charge on any atom is -0.478 e. The molecule has 1 aliphatic carbocycles. The molecule has 0 atom stereocenters. The Morgan fingerprint density at radius 3 is 1.84 bits per heavy atom. The second kappa shape index (κ2) is 6.01. The van der Waals surface area contributed by atoms with Gasteiger partial charge in [-0.15, -0.1) is 0 Å². The maximum Gasteiger partial charge on any atom is 0.327 e. The van der Waals surface area contributed by atoms with Crippen molar-refractivity contribution < 1.29 is 9.90 Å². The van der Waals surface area contributed by atoms with Crippen LogP contribution in [0.2, 0.25) is 0 Å². The first-order valence-electron chi connectivity index (χ1n) is 6.24. The molecule has 0 saturated carbocycles. The van der Waals surface area contributed by atoms with Gasteiger partial charge in [0.25, 0.3) is 0 Å². The molecule has 3 rings (SSSR count). The zero-order valence-corrected chi connectivity index (χ0v) is 10.8. The van der Waals surface area contributed by atoms with Crippen molar-refractivity contribution in [3.8, 4) is 11.1 Å². The molecular weight excluding hydrogens is 236 g/mol. The highest BCUT2D eigenvalue weighted by molar-refractivity contribution is 5.79. The van der Waals surface area contributed by atoms with Crippen molar-refractivity contribution in [1.82, 2.24) is 0 Å². The topological polar surface area (TPSA) is 37.3 Å². The quantitative estimate of drug-likeness (QED) is 0.667. The molecule has 2 aromatic rings. The first-order valence-corrected chi connectivity index (χ1v) is 6.24. The van der Waals surface area contributed by atoms with E-state index >= 15 is 0 Å². The molecular formula is C17H16O2. The SMILES string of the molecule is CC=CC(=O)O.c1ccc2c(c1)Cc1ccccc1-2. The number of carboxylic acid groups (broad SMARTS) is 1. The van der Waals surface area contributed by atoms with Crippen LogP contribution in [0.15, 0.2) is 60.7 Å². The number of rotatable bonds is 1. The lowest BCUT2D eigenvalue weighted by Crippen LogP contribution is -1.83. The largest absolute Gasteiger partial charge is 0.478 e. The molecule has 0 bridgehead atoms. The third kappa shape index (κ3) is 3.10. The Bertz CT molecular complexity index is 569. The summed E-state index contributed by atoms with van der Waals surface area (Å²) < 4.78 is 0. The molecule has 1 aliphatic rings. The lowest BCUT2D eigenvalue weighted by atomic mass is 10.1. The van der Waals surface area contributed by atoms with Gasteiger partial charge in [0.15, 0.2) is 0 Å². The van der Waals surface area contributed by atoms with Gasteiger partial charge in [0.1, 0.15) is 0 Å². The summed E-state index contributed by atoms with van der Waals surface area (Å²) in [4.78, 5) is 9.51. The number of hydrogen-bond donors (Lipinski definition) is 1. The van der Waals surface area contributed by atoms with E-state index in [0.29, 0.717) is 0 Å². The van der Waals surface area contributed by atoms with E-state index in [1.54, 1.807) is 6.92 Å². The van der Waals surface area contributed by atoms with E-state index in [9.17, 15) is 4.79 Å². The molecule has 2 heteroatoms. The van der Waals surface area contributed by atoms with Gasteiger partial charge in [0.05, 0.1) is 0 Å². The standard InChI is InChI=1S/C13H10.C4H6O2/c1-3-7-12-10(5-1)9-11-6-2-4-8-13(11)12;1-2-3-4(5)6/h1-8H,9H2;2-3H,1H3,(H,5,6). The van der Waals surface area contributed by atoms with Gasteiger partial charge in [-0.1, -0.05) is 54.6 Å². The summed E-state index contributed by atoms with van der Waals surface area (Å²) in [5.74, 6) is -0.891. The maximum atomic E-state index is 9.51. The Kier molecular flexibility index (Phi) is 4.14. The van der Waals surface area contributed by atoms with Gasteiger partial charge in [-0.3, -0.25) is 0 Å². The van der Waals surface area contributed by atoms with Gasteiger partial charge in [-0.05, 0) is 35.6 Å². The fraction of sp³-hybridized carbons (Fsp3) is 0.118. The van der Waals surface area contributed by atoms with Crippen molar-refractivity contribution in [1.29, 1.82) is 0 Å². The molecule has 2 nitrogen and oxygen atoms in total. The average Bonchev–Trinajstić information content (AvgIpc) is 2.78. The monoisotopic (exact) mass is 252 g/mol. The highest BCUT2D eigenvalue weighted by Crippen LogP contribution is 2.35. The number of carboxylic acids is 1. The van der Waals surface area contributed by atoms with Gasteiger partial charge in [0.2, 0.25) is 0 Å². The van der Waals surface area contributed by atoms with Gasteiger partial charge in [0, 0.05) is 6.08 Å². The molecule has 0 amide bonds. The summed E-state index contributed by atoms with van der Waals surface area (Å²) in [6, 6.07) is 17.3. The van der Waals surface area contributed by atoms with Crippen LogP contribution in [0, 0.1) is 0 Å². The normalized spacial score (nSPS) is 11.4. The summed E-state index contributed by atoms with van der Waals surface area (Å²) in [6.07, 6.45) is 3.66. The van der Waals surface area contributed by atoms with Crippen LogP contribution in [-0.2, 0) is 11.2 Å². The zero-order valence-electron chi connectivity index (χ0n) is 10.8. The molecule has 0 aliphatic heterocycles. The third-order valence-electron chi connectivity index (χ3n) is 3.02.